The van der Waals surface area contributed by atoms with E-state index in [2.05, 4.69) is 4.72 Å². The van der Waals surface area contributed by atoms with Crippen molar-refractivity contribution >= 4 is 32.5 Å². The number of halogens is 2. The lowest BCUT2D eigenvalue weighted by Gasteiger charge is -2.14. The average Bonchev–Trinajstić information content (AvgIpc) is 2.74. The first kappa shape index (κ1) is 20.5. The van der Waals surface area contributed by atoms with Crippen LogP contribution in [0.25, 0.3) is 21.9 Å². The van der Waals surface area contributed by atoms with Crippen molar-refractivity contribution in [3.8, 4) is 11.1 Å². The van der Waals surface area contributed by atoms with Crippen molar-refractivity contribution in [2.45, 2.75) is 4.90 Å². The summed E-state index contributed by atoms with van der Waals surface area (Å²) in [6.07, 6.45) is 0. The molecule has 0 fully saturated rings. The van der Waals surface area contributed by atoms with Gasteiger partial charge in [0.15, 0.2) is 0 Å². The van der Waals surface area contributed by atoms with Gasteiger partial charge in [-0.2, -0.15) is 0 Å². The molecule has 0 aliphatic carbocycles. The van der Waals surface area contributed by atoms with Crippen LogP contribution in [-0.2, 0) is 10.0 Å². The van der Waals surface area contributed by atoms with Gasteiger partial charge in [-0.25, -0.2) is 22.0 Å². The molecule has 4 rings (SSSR count). The van der Waals surface area contributed by atoms with Crippen molar-refractivity contribution in [2.24, 2.45) is 0 Å². The molecule has 0 unspecified atom stereocenters. The summed E-state index contributed by atoms with van der Waals surface area (Å²) in [6.45, 7) is 0. The summed E-state index contributed by atoms with van der Waals surface area (Å²) < 4.78 is 55.4. The minimum atomic E-state index is -4.13. The molecule has 0 saturated carbocycles. The fourth-order valence-corrected chi connectivity index (χ4v) is 4.61. The van der Waals surface area contributed by atoms with Crippen LogP contribution in [0, 0.1) is 11.6 Å². The molecule has 0 aromatic heterocycles. The van der Waals surface area contributed by atoms with Crippen LogP contribution in [0.4, 0.5) is 14.5 Å². The van der Waals surface area contributed by atoms with Gasteiger partial charge in [-0.15, -0.1) is 0 Å². The number of fused-ring (bicyclic) bond motifs is 1. The summed E-state index contributed by atoms with van der Waals surface area (Å²) in [4.78, 5) is 11.1. The summed E-state index contributed by atoms with van der Waals surface area (Å²) in [5, 5.41) is 10.1. The third kappa shape index (κ3) is 3.97. The van der Waals surface area contributed by atoms with Crippen molar-refractivity contribution in [2.75, 3.05) is 4.72 Å². The Morgan fingerprint density at radius 3 is 2.19 bits per heavy atom. The number of hydrogen-bond donors (Lipinski definition) is 2. The molecular formula is C23H15F2NO4S. The molecule has 0 heterocycles. The summed E-state index contributed by atoms with van der Waals surface area (Å²) >= 11 is 0. The standard InChI is InChI=1S/C23H15F2NO4S/c24-15-7-5-14(6-8-15)17-10-12-22(19-4-2-1-3-18(17)19)31(29,30)26-16-9-11-21(25)20(13-16)23(27)28/h1-13,26H,(H,27,28). The summed E-state index contributed by atoms with van der Waals surface area (Å²) in [6, 6.07) is 18.7. The topological polar surface area (TPSA) is 83.5 Å². The van der Waals surface area contributed by atoms with Crippen molar-refractivity contribution in [3.05, 3.63) is 96.1 Å². The van der Waals surface area contributed by atoms with Gasteiger partial charge in [-0.05, 0) is 52.9 Å². The molecule has 2 N–H and O–H groups in total. The van der Waals surface area contributed by atoms with E-state index >= 15 is 0 Å². The van der Waals surface area contributed by atoms with E-state index in [0.29, 0.717) is 10.8 Å². The van der Waals surface area contributed by atoms with Crippen LogP contribution >= 0.6 is 0 Å². The largest absolute Gasteiger partial charge is 0.478 e. The highest BCUT2D eigenvalue weighted by Gasteiger charge is 2.20. The first-order chi connectivity index (χ1) is 14.8. The fraction of sp³-hybridized carbons (Fsp3) is 0. The number of anilines is 1. The van der Waals surface area contributed by atoms with Gasteiger partial charge in [-0.1, -0.05) is 42.5 Å². The Bertz CT molecular complexity index is 1420. The zero-order chi connectivity index (χ0) is 22.2. The minimum absolute atomic E-state index is 0.0323. The van der Waals surface area contributed by atoms with Gasteiger partial charge >= 0.3 is 5.97 Å². The molecule has 4 aromatic rings. The normalized spacial score (nSPS) is 11.4. The Hall–Kier alpha value is -3.78. The molecule has 31 heavy (non-hydrogen) atoms. The number of nitrogens with one attached hydrogen (secondary N) is 1. The van der Waals surface area contributed by atoms with Gasteiger partial charge in [0.1, 0.15) is 11.6 Å². The first-order valence-electron chi connectivity index (χ1n) is 9.09. The molecule has 0 saturated heterocycles. The van der Waals surface area contributed by atoms with Gasteiger partial charge in [0.05, 0.1) is 10.5 Å². The lowest BCUT2D eigenvalue weighted by atomic mass is 9.98. The highest BCUT2D eigenvalue weighted by atomic mass is 32.2. The predicted molar refractivity (Wildman–Crippen MR) is 114 cm³/mol. The molecule has 0 radical (unpaired) electrons. The van der Waals surface area contributed by atoms with E-state index in [9.17, 15) is 22.0 Å². The minimum Gasteiger partial charge on any atom is -0.478 e. The van der Waals surface area contributed by atoms with E-state index in [0.717, 1.165) is 29.3 Å². The van der Waals surface area contributed by atoms with E-state index in [1.807, 2.05) is 0 Å². The third-order valence-corrected chi connectivity index (χ3v) is 6.22. The molecule has 5 nitrogen and oxygen atoms in total. The van der Waals surface area contributed by atoms with Crippen molar-refractivity contribution in [1.29, 1.82) is 0 Å². The molecule has 4 aromatic carbocycles. The van der Waals surface area contributed by atoms with Crippen LogP contribution in [0.5, 0.6) is 0 Å². The number of sulfonamides is 1. The molecule has 0 bridgehead atoms. The zero-order valence-electron chi connectivity index (χ0n) is 15.8. The highest BCUT2D eigenvalue weighted by Crippen LogP contribution is 2.33. The van der Waals surface area contributed by atoms with Crippen LogP contribution < -0.4 is 4.72 Å². The second kappa shape index (κ2) is 7.81. The van der Waals surface area contributed by atoms with E-state index in [4.69, 9.17) is 5.11 Å². The number of aromatic carboxylic acids is 1. The molecule has 0 spiro atoms. The highest BCUT2D eigenvalue weighted by molar-refractivity contribution is 7.93. The number of carbonyl (C=O) groups is 1. The first-order valence-corrected chi connectivity index (χ1v) is 10.6. The lowest BCUT2D eigenvalue weighted by molar-refractivity contribution is 0.0692. The fourth-order valence-electron chi connectivity index (χ4n) is 3.35. The summed E-state index contributed by atoms with van der Waals surface area (Å²) in [5.41, 5.74) is 0.728. The predicted octanol–water partition coefficient (Wildman–Crippen LogP) is 5.28. The molecule has 156 valence electrons. The second-order valence-electron chi connectivity index (χ2n) is 6.77. The third-order valence-electron chi connectivity index (χ3n) is 4.78. The van der Waals surface area contributed by atoms with E-state index in [1.165, 1.54) is 18.2 Å². The van der Waals surface area contributed by atoms with E-state index < -0.39 is 27.4 Å². The Labute approximate surface area is 176 Å². The number of carboxylic acid groups (broad SMARTS) is 1. The quantitative estimate of drug-likeness (QED) is 0.443. The van der Waals surface area contributed by atoms with Crippen LogP contribution in [0.15, 0.2) is 83.8 Å². The molecular weight excluding hydrogens is 424 g/mol. The van der Waals surface area contributed by atoms with Crippen molar-refractivity contribution in [3.63, 3.8) is 0 Å². The van der Waals surface area contributed by atoms with Crippen LogP contribution in [0.1, 0.15) is 10.4 Å². The Morgan fingerprint density at radius 1 is 0.839 bits per heavy atom. The zero-order valence-corrected chi connectivity index (χ0v) is 16.7. The van der Waals surface area contributed by atoms with E-state index in [-0.39, 0.29) is 16.4 Å². The van der Waals surface area contributed by atoms with Gasteiger partial charge < -0.3 is 5.11 Å². The molecule has 0 atom stereocenters. The van der Waals surface area contributed by atoms with Crippen LogP contribution in [0.2, 0.25) is 0 Å². The Kier molecular flexibility index (Phi) is 5.16. The molecule has 0 aliphatic heterocycles. The maximum absolute atomic E-state index is 13.6. The van der Waals surface area contributed by atoms with Gasteiger partial charge in [0, 0.05) is 11.1 Å². The van der Waals surface area contributed by atoms with Gasteiger partial charge in [0.25, 0.3) is 10.0 Å². The van der Waals surface area contributed by atoms with Gasteiger partial charge in [-0.3, -0.25) is 4.72 Å². The average molecular weight is 439 g/mol. The molecule has 0 amide bonds. The second-order valence-corrected chi connectivity index (χ2v) is 8.42. The SMILES string of the molecule is O=C(O)c1cc(NS(=O)(=O)c2ccc(-c3ccc(F)cc3)c3ccccc23)ccc1F. The Morgan fingerprint density at radius 2 is 1.52 bits per heavy atom. The van der Waals surface area contributed by atoms with Crippen LogP contribution in [0.3, 0.4) is 0 Å². The van der Waals surface area contributed by atoms with Crippen LogP contribution in [-0.4, -0.2) is 19.5 Å². The number of carboxylic acids is 1. The van der Waals surface area contributed by atoms with Gasteiger partial charge in [0.2, 0.25) is 0 Å². The van der Waals surface area contributed by atoms with Crippen molar-refractivity contribution in [1.82, 2.24) is 0 Å². The van der Waals surface area contributed by atoms with E-state index in [1.54, 1.807) is 42.5 Å². The lowest BCUT2D eigenvalue weighted by Crippen LogP contribution is -2.14. The number of rotatable bonds is 5. The molecule has 8 heteroatoms. The summed E-state index contributed by atoms with van der Waals surface area (Å²) in [7, 11) is -4.13. The number of hydrogen-bond acceptors (Lipinski definition) is 3. The number of benzene rings is 4. The van der Waals surface area contributed by atoms with Crippen molar-refractivity contribution < 1.29 is 27.1 Å². The maximum Gasteiger partial charge on any atom is 0.338 e. The smallest absolute Gasteiger partial charge is 0.338 e. The molecule has 0 aliphatic rings. The summed E-state index contributed by atoms with van der Waals surface area (Å²) in [5.74, 6) is -2.85. The Balaban J connectivity index is 1.81. The monoisotopic (exact) mass is 439 g/mol. The maximum atomic E-state index is 13.6.